The topological polar surface area (TPSA) is 69.6 Å². The van der Waals surface area contributed by atoms with Crippen molar-refractivity contribution in [2.45, 2.75) is 19.9 Å². The van der Waals surface area contributed by atoms with Gasteiger partial charge in [0.25, 0.3) is 0 Å². The molecule has 2 aromatic rings. The summed E-state index contributed by atoms with van der Waals surface area (Å²) in [6.07, 6.45) is 0. The van der Waals surface area contributed by atoms with Crippen LogP contribution in [0.5, 0.6) is 0 Å². The molecular formula is C10H12FN5. The van der Waals surface area contributed by atoms with Gasteiger partial charge in [-0.15, -0.1) is 5.10 Å². The lowest BCUT2D eigenvalue weighted by Crippen LogP contribution is -2.05. The standard InChI is InChI=1S/C10H12FN5/c1-6(2)16-10(13-14-15-16)7-3-8(11)5-9(12)4-7/h3-6H,12H2,1-2H3. The average Bonchev–Trinajstić information content (AvgIpc) is 2.63. The molecule has 2 N–H and O–H groups in total. The molecule has 0 bridgehead atoms. The molecule has 0 radical (unpaired) electrons. The van der Waals surface area contributed by atoms with Crippen LogP contribution in [0.4, 0.5) is 10.1 Å². The van der Waals surface area contributed by atoms with Gasteiger partial charge in [-0.25, -0.2) is 9.07 Å². The molecule has 1 aromatic carbocycles. The van der Waals surface area contributed by atoms with E-state index >= 15 is 0 Å². The molecule has 0 saturated carbocycles. The molecule has 6 heteroatoms. The van der Waals surface area contributed by atoms with Gasteiger partial charge in [-0.05, 0) is 42.5 Å². The van der Waals surface area contributed by atoms with Gasteiger partial charge >= 0.3 is 0 Å². The Kier molecular flexibility index (Phi) is 2.55. The zero-order valence-electron chi connectivity index (χ0n) is 9.05. The highest BCUT2D eigenvalue weighted by molar-refractivity contribution is 5.61. The van der Waals surface area contributed by atoms with Gasteiger partial charge in [0.15, 0.2) is 5.82 Å². The Balaban J connectivity index is 2.54. The molecule has 0 aliphatic heterocycles. The quantitative estimate of drug-likeness (QED) is 0.783. The van der Waals surface area contributed by atoms with Crippen LogP contribution in [0.3, 0.4) is 0 Å². The average molecular weight is 221 g/mol. The normalized spacial score (nSPS) is 11.0. The summed E-state index contributed by atoms with van der Waals surface area (Å²) in [4.78, 5) is 0. The predicted octanol–water partition coefficient (Wildman–Crippen LogP) is 1.64. The van der Waals surface area contributed by atoms with E-state index in [4.69, 9.17) is 5.73 Å². The van der Waals surface area contributed by atoms with Crippen molar-refractivity contribution < 1.29 is 4.39 Å². The number of nitrogens with zero attached hydrogens (tertiary/aromatic N) is 4. The summed E-state index contributed by atoms with van der Waals surface area (Å²) in [5.41, 5.74) is 6.51. The molecule has 5 nitrogen and oxygen atoms in total. The van der Waals surface area contributed by atoms with Gasteiger partial charge in [-0.1, -0.05) is 0 Å². The highest BCUT2D eigenvalue weighted by Gasteiger charge is 2.12. The number of hydrogen-bond acceptors (Lipinski definition) is 4. The first-order valence-corrected chi connectivity index (χ1v) is 4.92. The third-order valence-corrected chi connectivity index (χ3v) is 2.16. The van der Waals surface area contributed by atoms with Gasteiger partial charge in [-0.2, -0.15) is 0 Å². The summed E-state index contributed by atoms with van der Waals surface area (Å²) >= 11 is 0. The monoisotopic (exact) mass is 221 g/mol. The lowest BCUT2D eigenvalue weighted by Gasteiger charge is -2.08. The summed E-state index contributed by atoms with van der Waals surface area (Å²) in [6.45, 7) is 3.89. The van der Waals surface area contributed by atoms with Crippen molar-refractivity contribution in [3.05, 3.63) is 24.0 Å². The fourth-order valence-electron chi connectivity index (χ4n) is 1.47. The van der Waals surface area contributed by atoms with Crippen LogP contribution in [-0.2, 0) is 0 Å². The van der Waals surface area contributed by atoms with Gasteiger partial charge in [0.05, 0.1) is 6.04 Å². The minimum atomic E-state index is -0.395. The first-order chi connectivity index (χ1) is 7.58. The molecule has 0 aliphatic carbocycles. The summed E-state index contributed by atoms with van der Waals surface area (Å²) in [7, 11) is 0. The summed E-state index contributed by atoms with van der Waals surface area (Å²) < 4.78 is 14.8. The van der Waals surface area contributed by atoms with E-state index in [9.17, 15) is 4.39 Å². The van der Waals surface area contributed by atoms with E-state index in [0.29, 0.717) is 17.1 Å². The van der Waals surface area contributed by atoms with Crippen LogP contribution >= 0.6 is 0 Å². The van der Waals surface area contributed by atoms with Crippen molar-refractivity contribution in [3.63, 3.8) is 0 Å². The molecule has 16 heavy (non-hydrogen) atoms. The molecule has 0 saturated heterocycles. The van der Waals surface area contributed by atoms with Crippen LogP contribution in [0.2, 0.25) is 0 Å². The van der Waals surface area contributed by atoms with Crippen molar-refractivity contribution in [1.82, 2.24) is 20.2 Å². The maximum atomic E-state index is 13.2. The van der Waals surface area contributed by atoms with Crippen LogP contribution in [0.1, 0.15) is 19.9 Å². The Hall–Kier alpha value is -1.98. The number of rotatable bonds is 2. The third kappa shape index (κ3) is 1.86. The van der Waals surface area contributed by atoms with E-state index in [-0.39, 0.29) is 6.04 Å². The molecule has 1 heterocycles. The minimum absolute atomic E-state index is 0.106. The lowest BCUT2D eigenvalue weighted by atomic mass is 10.2. The van der Waals surface area contributed by atoms with Gasteiger partial charge < -0.3 is 5.73 Å². The smallest absolute Gasteiger partial charge is 0.182 e. The Morgan fingerprint density at radius 3 is 2.69 bits per heavy atom. The Morgan fingerprint density at radius 1 is 1.31 bits per heavy atom. The highest BCUT2D eigenvalue weighted by Crippen LogP contribution is 2.22. The van der Waals surface area contributed by atoms with Gasteiger partial charge in [0, 0.05) is 11.3 Å². The number of hydrogen-bond donors (Lipinski definition) is 1. The molecule has 0 amide bonds. The van der Waals surface area contributed by atoms with E-state index < -0.39 is 5.82 Å². The summed E-state index contributed by atoms with van der Waals surface area (Å²) in [5.74, 6) is 0.120. The van der Waals surface area contributed by atoms with Crippen LogP contribution in [0, 0.1) is 5.82 Å². The zero-order valence-corrected chi connectivity index (χ0v) is 9.05. The van der Waals surface area contributed by atoms with Crippen molar-refractivity contribution >= 4 is 5.69 Å². The van der Waals surface area contributed by atoms with E-state index in [2.05, 4.69) is 15.5 Å². The highest BCUT2D eigenvalue weighted by atomic mass is 19.1. The number of halogens is 1. The Bertz CT molecular complexity index is 485. The van der Waals surface area contributed by atoms with Crippen molar-refractivity contribution in [2.75, 3.05) is 5.73 Å². The minimum Gasteiger partial charge on any atom is -0.399 e. The Labute approximate surface area is 92.1 Å². The molecule has 0 aliphatic rings. The van der Waals surface area contributed by atoms with Crippen molar-refractivity contribution in [1.29, 1.82) is 0 Å². The van der Waals surface area contributed by atoms with Gasteiger partial charge in [0.1, 0.15) is 5.82 Å². The number of anilines is 1. The molecule has 0 atom stereocenters. The van der Waals surface area contributed by atoms with E-state index in [0.717, 1.165) is 0 Å². The van der Waals surface area contributed by atoms with E-state index in [1.807, 2.05) is 13.8 Å². The molecule has 84 valence electrons. The number of benzene rings is 1. The first-order valence-electron chi connectivity index (χ1n) is 4.92. The van der Waals surface area contributed by atoms with Crippen LogP contribution < -0.4 is 5.73 Å². The largest absolute Gasteiger partial charge is 0.399 e. The van der Waals surface area contributed by atoms with Crippen molar-refractivity contribution in [2.24, 2.45) is 0 Å². The Morgan fingerprint density at radius 2 is 2.06 bits per heavy atom. The number of tetrazole rings is 1. The van der Waals surface area contributed by atoms with Crippen molar-refractivity contribution in [3.8, 4) is 11.4 Å². The molecular weight excluding hydrogens is 209 g/mol. The second-order valence-electron chi connectivity index (χ2n) is 3.81. The zero-order chi connectivity index (χ0) is 11.7. The summed E-state index contributed by atoms with van der Waals surface area (Å²) in [5, 5.41) is 11.3. The predicted molar refractivity (Wildman–Crippen MR) is 58.0 cm³/mol. The molecule has 0 spiro atoms. The van der Waals surface area contributed by atoms with Crippen LogP contribution in [-0.4, -0.2) is 20.2 Å². The number of nitrogen functional groups attached to an aromatic ring is 1. The molecule has 0 unspecified atom stereocenters. The fraction of sp³-hybridized carbons (Fsp3) is 0.300. The van der Waals surface area contributed by atoms with Crippen LogP contribution in [0.15, 0.2) is 18.2 Å². The molecule has 2 rings (SSSR count). The second kappa shape index (κ2) is 3.88. The summed E-state index contributed by atoms with van der Waals surface area (Å²) in [6, 6.07) is 4.37. The maximum Gasteiger partial charge on any atom is 0.182 e. The second-order valence-corrected chi connectivity index (χ2v) is 3.81. The lowest BCUT2D eigenvalue weighted by molar-refractivity contribution is 0.519. The van der Waals surface area contributed by atoms with E-state index in [1.54, 1.807) is 10.7 Å². The molecule has 1 aromatic heterocycles. The molecule has 0 fully saturated rings. The SMILES string of the molecule is CC(C)n1nnnc1-c1cc(N)cc(F)c1. The first kappa shape index (κ1) is 10.5. The number of aromatic nitrogens is 4. The third-order valence-electron chi connectivity index (χ3n) is 2.16. The van der Waals surface area contributed by atoms with Gasteiger partial charge in [-0.3, -0.25) is 0 Å². The van der Waals surface area contributed by atoms with E-state index in [1.165, 1.54) is 12.1 Å². The fourth-order valence-corrected chi connectivity index (χ4v) is 1.47. The number of nitrogens with two attached hydrogens (primary N) is 1. The maximum absolute atomic E-state index is 13.2. The van der Waals surface area contributed by atoms with Gasteiger partial charge in [0.2, 0.25) is 0 Å². The van der Waals surface area contributed by atoms with Crippen LogP contribution in [0.25, 0.3) is 11.4 Å².